The zero-order valence-electron chi connectivity index (χ0n) is 12.5. The average molecular weight is 338 g/mol. The molecule has 112 valence electrons. The average Bonchev–Trinajstić information content (AvgIpc) is 2.45. The molecule has 0 aliphatic carbocycles. The maximum absolute atomic E-state index is 10.7. The van der Waals surface area contributed by atoms with Gasteiger partial charge in [0, 0.05) is 0 Å². The molecule has 0 spiro atoms. The standard InChI is InChI=1S/C18H28OSe/c19-18(20)16-12-7-5-3-1-2-4-6-9-13-17-14-10-8-11-15-17/h8,10-11,14-15H,1-7,9,12-13,16H2,(H,19,20)/p-1. The summed E-state index contributed by atoms with van der Waals surface area (Å²) in [6.45, 7) is 0. The number of unbranched alkanes of at least 4 members (excludes halogenated alkanes) is 8. The molecule has 0 N–H and O–H groups in total. The number of carbonyl (C=O) groups is 1. The number of rotatable bonds is 12. The number of aryl methyl sites for hydroxylation is 1. The summed E-state index contributed by atoms with van der Waals surface area (Å²) >= 11 is 2.54. The summed E-state index contributed by atoms with van der Waals surface area (Å²) in [4.78, 5) is 10.7. The third-order valence-corrected chi connectivity index (χ3v) is 4.12. The molecule has 1 aromatic carbocycles. The number of carbonyl (C=O) groups excluding carboxylic acids is 1. The molecule has 0 aromatic heterocycles. The summed E-state index contributed by atoms with van der Waals surface area (Å²) in [6.07, 6.45) is 13.6. The summed E-state index contributed by atoms with van der Waals surface area (Å²) in [7, 11) is 0. The van der Waals surface area contributed by atoms with Crippen molar-refractivity contribution in [2.75, 3.05) is 0 Å². The van der Waals surface area contributed by atoms with E-state index in [0.29, 0.717) is 0 Å². The minimum Gasteiger partial charge on any atom is -0.0622 e. The van der Waals surface area contributed by atoms with Crippen molar-refractivity contribution in [3.8, 4) is 0 Å². The zero-order valence-corrected chi connectivity index (χ0v) is 14.2. The molecule has 1 nitrogen and oxygen atoms in total. The number of hydrogen-bond donors (Lipinski definition) is 0. The van der Waals surface area contributed by atoms with E-state index < -0.39 is 0 Å². The molecule has 0 aliphatic rings. The molecule has 0 bridgehead atoms. The van der Waals surface area contributed by atoms with Gasteiger partial charge in [0.15, 0.2) is 0 Å². The third kappa shape index (κ3) is 10.2. The Morgan fingerprint density at radius 2 is 1.25 bits per heavy atom. The molecule has 2 heteroatoms. The molecule has 0 radical (unpaired) electrons. The maximum atomic E-state index is 10.7. The van der Waals surface area contributed by atoms with E-state index in [9.17, 15) is 4.79 Å². The molecule has 0 saturated heterocycles. The van der Waals surface area contributed by atoms with Crippen LogP contribution in [0.15, 0.2) is 30.3 Å². The fourth-order valence-electron chi connectivity index (χ4n) is 2.48. The van der Waals surface area contributed by atoms with Gasteiger partial charge in [-0.05, 0) is 5.56 Å². The van der Waals surface area contributed by atoms with Crippen molar-refractivity contribution in [1.29, 1.82) is 0 Å². The molecular formula is C18H27OSe-. The Balaban J connectivity index is 1.80. The van der Waals surface area contributed by atoms with Crippen LogP contribution in [0.25, 0.3) is 0 Å². The van der Waals surface area contributed by atoms with Crippen LogP contribution in [0.3, 0.4) is 0 Å². The van der Waals surface area contributed by atoms with Crippen LogP contribution in [0.5, 0.6) is 0 Å². The first-order chi connectivity index (χ1) is 9.79. The van der Waals surface area contributed by atoms with Gasteiger partial charge in [-0.3, -0.25) is 0 Å². The van der Waals surface area contributed by atoms with E-state index in [2.05, 4.69) is 46.3 Å². The molecular weight excluding hydrogens is 311 g/mol. The van der Waals surface area contributed by atoms with E-state index in [1.807, 2.05) is 0 Å². The van der Waals surface area contributed by atoms with Crippen LogP contribution in [-0.2, 0) is 11.2 Å². The zero-order chi connectivity index (χ0) is 14.5. The summed E-state index contributed by atoms with van der Waals surface area (Å²) in [6, 6.07) is 10.8. The van der Waals surface area contributed by atoms with E-state index >= 15 is 0 Å². The first kappa shape index (κ1) is 17.5. The van der Waals surface area contributed by atoms with Gasteiger partial charge in [-0.2, -0.15) is 0 Å². The van der Waals surface area contributed by atoms with Crippen LogP contribution in [0.4, 0.5) is 0 Å². The van der Waals surface area contributed by atoms with Crippen LogP contribution < -0.4 is 0 Å². The van der Waals surface area contributed by atoms with E-state index in [-0.39, 0.29) is 4.68 Å². The molecule has 0 heterocycles. The molecule has 0 unspecified atom stereocenters. The smallest absolute Gasteiger partial charge is 0.0622 e. The first-order valence-corrected chi connectivity index (χ1v) is 8.88. The Hall–Kier alpha value is -0.591. The van der Waals surface area contributed by atoms with Crippen LogP contribution in [0.2, 0.25) is 0 Å². The van der Waals surface area contributed by atoms with Crippen molar-refractivity contribution >= 4 is 20.7 Å². The molecule has 0 amide bonds. The normalized spacial score (nSPS) is 10.6. The monoisotopic (exact) mass is 339 g/mol. The summed E-state index contributed by atoms with van der Waals surface area (Å²) in [5.41, 5.74) is 1.47. The van der Waals surface area contributed by atoms with E-state index in [1.54, 1.807) is 0 Å². The SMILES string of the molecule is O=C([Se-])CCCCCCCCCCCc1ccccc1. The van der Waals surface area contributed by atoms with Crippen molar-refractivity contribution in [1.82, 2.24) is 0 Å². The molecule has 0 atom stereocenters. The van der Waals surface area contributed by atoms with E-state index in [4.69, 9.17) is 0 Å². The fourth-order valence-corrected chi connectivity index (χ4v) is 2.78. The molecule has 0 fully saturated rings. The second kappa shape index (κ2) is 12.2. The Bertz CT molecular complexity index is 348. The predicted molar refractivity (Wildman–Crippen MR) is 87.1 cm³/mol. The van der Waals surface area contributed by atoms with Crippen molar-refractivity contribution in [2.45, 2.75) is 70.6 Å². The van der Waals surface area contributed by atoms with Gasteiger partial charge in [0.25, 0.3) is 0 Å². The predicted octanol–water partition coefficient (Wildman–Crippen LogP) is 4.83. The minimum absolute atomic E-state index is 0.211. The van der Waals surface area contributed by atoms with Gasteiger partial charge in [0.1, 0.15) is 0 Å². The Kier molecular flexibility index (Phi) is 10.6. The van der Waals surface area contributed by atoms with E-state index in [1.165, 1.54) is 63.4 Å². The summed E-state index contributed by atoms with van der Waals surface area (Å²) < 4.78 is 0.211. The Labute approximate surface area is 132 Å². The van der Waals surface area contributed by atoms with Gasteiger partial charge >= 0.3 is 96.1 Å². The van der Waals surface area contributed by atoms with Crippen molar-refractivity contribution in [3.05, 3.63) is 35.9 Å². The minimum atomic E-state index is 0.211. The number of benzene rings is 1. The Morgan fingerprint density at radius 3 is 1.80 bits per heavy atom. The fraction of sp³-hybridized carbons (Fsp3) is 0.611. The van der Waals surface area contributed by atoms with Crippen molar-refractivity contribution in [2.24, 2.45) is 0 Å². The van der Waals surface area contributed by atoms with Crippen LogP contribution >= 0.6 is 0 Å². The van der Waals surface area contributed by atoms with Crippen LogP contribution in [0, 0.1) is 0 Å². The Morgan fingerprint density at radius 1 is 0.750 bits per heavy atom. The summed E-state index contributed by atoms with van der Waals surface area (Å²) in [5, 5.41) is 0. The van der Waals surface area contributed by atoms with Gasteiger partial charge in [-0.1, -0.05) is 30.3 Å². The molecule has 1 aromatic rings. The molecule has 0 saturated carbocycles. The van der Waals surface area contributed by atoms with E-state index in [0.717, 1.165) is 12.8 Å². The van der Waals surface area contributed by atoms with Crippen molar-refractivity contribution in [3.63, 3.8) is 0 Å². The van der Waals surface area contributed by atoms with Gasteiger partial charge in [0.2, 0.25) is 0 Å². The van der Waals surface area contributed by atoms with Crippen LogP contribution in [-0.4, -0.2) is 20.7 Å². The van der Waals surface area contributed by atoms with Crippen molar-refractivity contribution < 1.29 is 4.79 Å². The summed E-state index contributed by atoms with van der Waals surface area (Å²) in [5.74, 6) is 0. The molecule has 0 aliphatic heterocycles. The second-order valence-electron chi connectivity index (χ2n) is 5.54. The quantitative estimate of drug-likeness (QED) is 0.394. The first-order valence-electron chi connectivity index (χ1n) is 8.03. The second-order valence-corrected chi connectivity index (χ2v) is 6.49. The third-order valence-electron chi connectivity index (χ3n) is 3.69. The molecule has 20 heavy (non-hydrogen) atoms. The molecule has 1 rings (SSSR count). The van der Waals surface area contributed by atoms with Gasteiger partial charge < -0.3 is 0 Å². The number of hydrogen-bond acceptors (Lipinski definition) is 1. The van der Waals surface area contributed by atoms with Crippen LogP contribution in [0.1, 0.15) is 69.8 Å². The topological polar surface area (TPSA) is 17.1 Å². The van der Waals surface area contributed by atoms with Gasteiger partial charge in [-0.15, -0.1) is 0 Å². The van der Waals surface area contributed by atoms with Gasteiger partial charge in [0.05, 0.1) is 0 Å². The van der Waals surface area contributed by atoms with Gasteiger partial charge in [-0.25, -0.2) is 0 Å².